The molecule has 0 unspecified atom stereocenters. The summed E-state index contributed by atoms with van der Waals surface area (Å²) in [6, 6.07) is -0.0940. The molecular formula is C9H16N2O3. The first kappa shape index (κ1) is 10.8. The summed E-state index contributed by atoms with van der Waals surface area (Å²) in [6.45, 7) is 5.52. The van der Waals surface area contributed by atoms with Crippen LogP contribution in [-0.4, -0.2) is 41.6 Å². The average Bonchev–Trinajstić information content (AvgIpc) is 2.32. The van der Waals surface area contributed by atoms with Crippen LogP contribution in [0.15, 0.2) is 0 Å². The van der Waals surface area contributed by atoms with Crippen LogP contribution in [0.2, 0.25) is 0 Å². The van der Waals surface area contributed by atoms with Crippen LogP contribution >= 0.6 is 0 Å². The van der Waals surface area contributed by atoms with E-state index in [0.29, 0.717) is 19.6 Å². The highest BCUT2D eigenvalue weighted by atomic mass is 16.4. The van der Waals surface area contributed by atoms with Crippen molar-refractivity contribution < 1.29 is 14.7 Å². The summed E-state index contributed by atoms with van der Waals surface area (Å²) < 4.78 is 0. The van der Waals surface area contributed by atoms with Crippen LogP contribution in [-0.2, 0) is 4.79 Å². The van der Waals surface area contributed by atoms with E-state index in [1.54, 1.807) is 4.90 Å². The molecule has 1 aliphatic heterocycles. The van der Waals surface area contributed by atoms with Gasteiger partial charge in [0, 0.05) is 19.6 Å². The first-order valence-electron chi connectivity index (χ1n) is 4.65. The van der Waals surface area contributed by atoms with E-state index in [2.05, 4.69) is 5.32 Å². The quantitative estimate of drug-likeness (QED) is 0.694. The summed E-state index contributed by atoms with van der Waals surface area (Å²) in [6.07, 6.45) is 0.0801. The molecule has 0 aromatic heterocycles. The van der Waals surface area contributed by atoms with Gasteiger partial charge in [0.1, 0.15) is 0 Å². The van der Waals surface area contributed by atoms with E-state index in [9.17, 15) is 9.59 Å². The minimum Gasteiger partial charge on any atom is -0.481 e. The summed E-state index contributed by atoms with van der Waals surface area (Å²) in [5.41, 5.74) is -0.368. The Morgan fingerprint density at radius 2 is 2.29 bits per heavy atom. The fraction of sp³-hybridized carbons (Fsp3) is 0.778. The third-order valence-corrected chi connectivity index (χ3v) is 2.19. The Morgan fingerprint density at radius 3 is 2.71 bits per heavy atom. The van der Waals surface area contributed by atoms with Gasteiger partial charge in [0.2, 0.25) is 0 Å². The van der Waals surface area contributed by atoms with Gasteiger partial charge >= 0.3 is 12.0 Å². The molecule has 0 saturated carbocycles. The minimum atomic E-state index is -0.824. The van der Waals surface area contributed by atoms with Gasteiger partial charge in [0.05, 0.1) is 6.42 Å². The number of aliphatic carboxylic acids is 1. The second-order valence-corrected chi connectivity index (χ2v) is 4.39. The van der Waals surface area contributed by atoms with Gasteiger partial charge in [0.25, 0.3) is 0 Å². The highest BCUT2D eigenvalue weighted by Crippen LogP contribution is 2.22. The lowest BCUT2D eigenvalue weighted by molar-refractivity contribution is -0.139. The first-order valence-corrected chi connectivity index (χ1v) is 4.65. The number of urea groups is 1. The SMILES string of the molecule is CC(C)(CC(=O)O)CN1CCNC1=O. The molecule has 0 atom stereocenters. The van der Waals surface area contributed by atoms with Gasteiger partial charge in [-0.2, -0.15) is 0 Å². The number of nitrogens with one attached hydrogen (secondary N) is 1. The molecule has 1 rings (SSSR count). The van der Waals surface area contributed by atoms with Crippen LogP contribution in [0.3, 0.4) is 0 Å². The summed E-state index contributed by atoms with van der Waals surface area (Å²) >= 11 is 0. The Balaban J connectivity index is 2.49. The van der Waals surface area contributed by atoms with E-state index in [0.717, 1.165) is 0 Å². The molecule has 1 saturated heterocycles. The summed E-state index contributed by atoms with van der Waals surface area (Å²) in [4.78, 5) is 23.4. The van der Waals surface area contributed by atoms with Crippen LogP contribution in [0, 0.1) is 5.41 Å². The van der Waals surface area contributed by atoms with Gasteiger partial charge in [-0.1, -0.05) is 13.8 Å². The van der Waals surface area contributed by atoms with Crippen molar-refractivity contribution in [2.75, 3.05) is 19.6 Å². The van der Waals surface area contributed by atoms with Crippen molar-refractivity contribution in [2.24, 2.45) is 5.41 Å². The maximum Gasteiger partial charge on any atom is 0.317 e. The molecule has 5 nitrogen and oxygen atoms in total. The lowest BCUT2D eigenvalue weighted by Crippen LogP contribution is -2.37. The van der Waals surface area contributed by atoms with Crippen LogP contribution < -0.4 is 5.32 Å². The topological polar surface area (TPSA) is 69.6 Å². The zero-order chi connectivity index (χ0) is 10.8. The Hall–Kier alpha value is -1.26. The van der Waals surface area contributed by atoms with E-state index in [1.807, 2.05) is 13.8 Å². The zero-order valence-corrected chi connectivity index (χ0v) is 8.54. The van der Waals surface area contributed by atoms with Crippen LogP contribution in [0.5, 0.6) is 0 Å². The van der Waals surface area contributed by atoms with Crippen molar-refractivity contribution in [3.63, 3.8) is 0 Å². The number of hydrogen-bond acceptors (Lipinski definition) is 2. The largest absolute Gasteiger partial charge is 0.481 e. The summed E-state index contributed by atoms with van der Waals surface area (Å²) in [5, 5.41) is 11.4. The molecule has 2 N–H and O–H groups in total. The number of rotatable bonds is 4. The molecule has 0 aliphatic carbocycles. The zero-order valence-electron chi connectivity index (χ0n) is 8.54. The molecule has 14 heavy (non-hydrogen) atoms. The molecule has 80 valence electrons. The highest BCUT2D eigenvalue weighted by molar-refractivity contribution is 5.76. The molecule has 0 radical (unpaired) electrons. The van der Waals surface area contributed by atoms with Crippen molar-refractivity contribution in [3.8, 4) is 0 Å². The van der Waals surface area contributed by atoms with E-state index in [-0.39, 0.29) is 17.9 Å². The van der Waals surface area contributed by atoms with Crippen molar-refractivity contribution in [2.45, 2.75) is 20.3 Å². The Bertz CT molecular complexity index is 250. The van der Waals surface area contributed by atoms with Crippen molar-refractivity contribution >= 4 is 12.0 Å². The number of carbonyl (C=O) groups is 2. The molecule has 1 heterocycles. The molecule has 1 fully saturated rings. The first-order chi connectivity index (χ1) is 6.41. The Kier molecular flexibility index (Phi) is 2.98. The molecule has 1 aliphatic rings. The van der Waals surface area contributed by atoms with Crippen molar-refractivity contribution in [3.05, 3.63) is 0 Å². The van der Waals surface area contributed by atoms with E-state index >= 15 is 0 Å². The van der Waals surface area contributed by atoms with Gasteiger partial charge < -0.3 is 15.3 Å². The van der Waals surface area contributed by atoms with Crippen molar-refractivity contribution in [1.82, 2.24) is 10.2 Å². The molecular weight excluding hydrogens is 184 g/mol. The van der Waals surface area contributed by atoms with E-state index in [1.165, 1.54) is 0 Å². The second-order valence-electron chi connectivity index (χ2n) is 4.39. The second kappa shape index (κ2) is 3.86. The number of nitrogens with zero attached hydrogens (tertiary/aromatic N) is 1. The summed E-state index contributed by atoms with van der Waals surface area (Å²) in [7, 11) is 0. The fourth-order valence-electron chi connectivity index (χ4n) is 1.64. The molecule has 2 amide bonds. The smallest absolute Gasteiger partial charge is 0.317 e. The fourth-order valence-corrected chi connectivity index (χ4v) is 1.64. The maximum absolute atomic E-state index is 11.2. The predicted octanol–water partition coefficient (Wildman–Crippen LogP) is 0.512. The normalized spacial score (nSPS) is 17.0. The van der Waals surface area contributed by atoms with Gasteiger partial charge in [-0.05, 0) is 5.41 Å². The van der Waals surface area contributed by atoms with Crippen LogP contribution in [0.1, 0.15) is 20.3 Å². The molecule has 0 spiro atoms. The molecule has 0 aromatic carbocycles. The third-order valence-electron chi connectivity index (χ3n) is 2.19. The predicted molar refractivity (Wildman–Crippen MR) is 51.0 cm³/mol. The lowest BCUT2D eigenvalue weighted by Gasteiger charge is -2.27. The van der Waals surface area contributed by atoms with Gasteiger partial charge in [-0.25, -0.2) is 4.79 Å². The van der Waals surface area contributed by atoms with Crippen LogP contribution in [0.25, 0.3) is 0 Å². The maximum atomic E-state index is 11.2. The number of carboxylic acids is 1. The Morgan fingerprint density at radius 1 is 1.64 bits per heavy atom. The molecule has 0 aromatic rings. The number of carbonyl (C=O) groups excluding carboxylic acids is 1. The van der Waals surface area contributed by atoms with Gasteiger partial charge in [-0.15, -0.1) is 0 Å². The number of carboxylic acid groups (broad SMARTS) is 1. The van der Waals surface area contributed by atoms with Crippen LogP contribution in [0.4, 0.5) is 4.79 Å². The van der Waals surface area contributed by atoms with E-state index in [4.69, 9.17) is 5.11 Å². The lowest BCUT2D eigenvalue weighted by atomic mass is 9.89. The highest BCUT2D eigenvalue weighted by Gasteiger charge is 2.29. The van der Waals surface area contributed by atoms with Gasteiger partial charge in [-0.3, -0.25) is 4.79 Å². The Labute approximate surface area is 83.1 Å². The monoisotopic (exact) mass is 200 g/mol. The van der Waals surface area contributed by atoms with Gasteiger partial charge in [0.15, 0.2) is 0 Å². The number of amides is 2. The molecule has 0 bridgehead atoms. The van der Waals surface area contributed by atoms with E-state index < -0.39 is 5.97 Å². The summed E-state index contributed by atoms with van der Waals surface area (Å²) in [5.74, 6) is -0.824. The number of hydrogen-bond donors (Lipinski definition) is 2. The average molecular weight is 200 g/mol. The third kappa shape index (κ3) is 2.90. The minimum absolute atomic E-state index is 0.0801. The van der Waals surface area contributed by atoms with Crippen molar-refractivity contribution in [1.29, 1.82) is 0 Å². The molecule has 5 heteroatoms. The standard InChI is InChI=1S/C9H16N2O3/c1-9(2,5-7(12)13)6-11-4-3-10-8(11)14/h3-6H2,1-2H3,(H,10,14)(H,12,13).